The Morgan fingerprint density at radius 1 is 0.295 bits per heavy atom. The predicted octanol–water partition coefficient (Wildman–Crippen LogP) is 7.46. The molecule has 10 aromatic rings. The molecular weight excluding hydrogens is 1990 g/mol. The van der Waals surface area contributed by atoms with E-state index in [-0.39, 0.29) is 18.3 Å². The summed E-state index contributed by atoms with van der Waals surface area (Å²) in [6.45, 7) is 3.75. The van der Waals surface area contributed by atoms with Crippen molar-refractivity contribution >= 4 is 34.8 Å². The number of nitrogens with zero attached hydrogens (tertiary/aromatic N) is 1. The second kappa shape index (κ2) is 53.3. The molecule has 8 aliphatic heterocycles. The first-order valence-corrected chi connectivity index (χ1v) is 51.1. The smallest absolute Gasteiger partial charge is 0.124 e. The van der Waals surface area contributed by atoms with E-state index in [1.807, 2.05) is 134 Å². The fourth-order valence-electron chi connectivity index (χ4n) is 19.3. The molecule has 0 radical (unpaired) electrons. The molecule has 0 unspecified atom stereocenters. The minimum absolute atomic E-state index is 0.0931. The highest BCUT2D eigenvalue weighted by Gasteiger charge is 2.50. The number of ether oxygens (including phenoxy) is 11. The van der Waals surface area contributed by atoms with Crippen LogP contribution in [0.3, 0.4) is 0 Å². The summed E-state index contributed by atoms with van der Waals surface area (Å²) in [5, 5.41) is 210. The van der Waals surface area contributed by atoms with Crippen LogP contribution in [0.15, 0.2) is 212 Å². The van der Waals surface area contributed by atoms with Crippen LogP contribution < -0.4 is 14.2 Å². The van der Waals surface area contributed by atoms with E-state index >= 15 is 0 Å². The molecule has 798 valence electrons. The Kier molecular flexibility index (Phi) is 40.6. The number of benzene rings is 10. The standard InChI is InChI=1S/C24H30O7.2C23H27ClO7.C23H25NO5.C21H21ClO5/c1-14-2-5-16(24-23(28)22(27)21(26)20(12-25)31-24)11-17(14)10-15-3-6-18(7-4-15)30-19-8-9-29-13-19;2*24-18-6-3-14(23-22(28)21(27)20(26)19(11-25)31-23)10-15(18)9-13-1-4-16(5-2-13)30-17-7-8-29-12-17;24-11-17-8-7-16(23-22(28)21(27)20(26)19(12-25)29-23)10-18(17)9-13-1-3-14(4-2-13)15-5-6-15;1-2-12-3-5-13(6-4-12)9-15-10-14(7-8-16(15)22)21-20(26)19(25)18(24)17(11-23)27-21/h2-7,11,19-28H,8-10,12-13H2,1H3;2*1-6,10,17,19-23,25-28H,7-9,11-12H2;1-4,7-8,10,15,19-23,25-28H,5-6,9,12H2;1,3-8,10,17-21,23-26H,9,11H2/t19-,20-,21-,22+,23-,24+;17-,19+,20+,21-,22+,23-;17-,19-,20-,21+,22-,23+;19-,20-,21+,22-,23+;17-,18-,19+,20-,21+/m10111/s1. The highest BCUT2D eigenvalue weighted by molar-refractivity contribution is 6.32. The number of hydrogen-bond acceptors (Lipinski definition) is 32. The summed E-state index contributed by atoms with van der Waals surface area (Å²) in [4.78, 5) is 0. The number of aliphatic hydroxyl groups excluding tert-OH is 20. The molecule has 32 nitrogen and oxygen atoms in total. The zero-order chi connectivity index (χ0) is 106. The molecule has 10 aromatic carbocycles. The maximum Gasteiger partial charge on any atom is 0.124 e. The van der Waals surface area contributed by atoms with Crippen molar-refractivity contribution in [2.75, 3.05) is 72.7 Å². The molecule has 8 saturated heterocycles. The molecule has 9 aliphatic rings. The van der Waals surface area contributed by atoms with Crippen molar-refractivity contribution in [3.05, 3.63) is 333 Å². The third kappa shape index (κ3) is 28.7. The van der Waals surface area contributed by atoms with Crippen molar-refractivity contribution in [3.63, 3.8) is 0 Å². The number of nitriles is 1. The van der Waals surface area contributed by atoms with Crippen LogP contribution >= 0.6 is 34.8 Å². The first-order chi connectivity index (χ1) is 71.8. The van der Waals surface area contributed by atoms with Crippen molar-refractivity contribution in [2.24, 2.45) is 0 Å². The number of aliphatic hydroxyl groups is 20. The second-order valence-corrected chi connectivity index (χ2v) is 40.2. The third-order valence-corrected chi connectivity index (χ3v) is 29.5. The van der Waals surface area contributed by atoms with E-state index in [0.717, 1.165) is 123 Å². The Labute approximate surface area is 878 Å². The molecule has 149 heavy (non-hydrogen) atoms. The lowest BCUT2D eigenvalue weighted by atomic mass is 9.89. The second-order valence-electron chi connectivity index (χ2n) is 39.0. The summed E-state index contributed by atoms with van der Waals surface area (Å²) in [6, 6.07) is 68.3. The van der Waals surface area contributed by atoms with Gasteiger partial charge in [-0.25, -0.2) is 0 Å². The topological polar surface area (TPSA) is 530 Å². The molecule has 8 heterocycles. The van der Waals surface area contributed by atoms with Gasteiger partial charge >= 0.3 is 0 Å². The molecule has 1 saturated carbocycles. The largest absolute Gasteiger partial charge is 0.488 e. The zero-order valence-electron chi connectivity index (χ0n) is 81.9. The lowest BCUT2D eigenvalue weighted by Gasteiger charge is -2.40. The molecule has 19 rings (SSSR count). The first kappa shape index (κ1) is 113. The molecule has 28 atom stereocenters. The van der Waals surface area contributed by atoms with E-state index < -0.39 is 186 Å². The quantitative estimate of drug-likeness (QED) is 0.0222. The van der Waals surface area contributed by atoms with Gasteiger partial charge in [-0.1, -0.05) is 180 Å². The van der Waals surface area contributed by atoms with Crippen LogP contribution in [0.4, 0.5) is 0 Å². The van der Waals surface area contributed by atoms with E-state index in [2.05, 4.69) is 36.3 Å². The average molecular weight is 2120 g/mol. The van der Waals surface area contributed by atoms with E-state index in [1.54, 1.807) is 60.7 Å². The Bertz CT molecular complexity index is 5670. The Morgan fingerprint density at radius 3 is 0.812 bits per heavy atom. The van der Waals surface area contributed by atoms with Gasteiger partial charge < -0.3 is 154 Å². The van der Waals surface area contributed by atoms with E-state index in [1.165, 1.54) is 18.4 Å². The van der Waals surface area contributed by atoms with E-state index in [4.69, 9.17) is 93.3 Å². The fraction of sp³-hybridized carbons (Fsp3) is 0.447. The van der Waals surface area contributed by atoms with Crippen molar-refractivity contribution in [3.8, 4) is 35.7 Å². The van der Waals surface area contributed by atoms with Gasteiger partial charge in [0.25, 0.3) is 0 Å². The van der Waals surface area contributed by atoms with Gasteiger partial charge in [0.15, 0.2) is 0 Å². The SMILES string of the molecule is C#Cc1ccc(Cc2cc([C@@H]3O[C@H](CO)[C@@H](O)[C@H](O)[C@H]3O)ccc2Cl)cc1.Cc1ccc([C@@H]2O[C@H](CO)[C@@H](O)[C@H](O)[C@H]2O)cc1Cc1ccc(O[C@@H]2CCOC2)cc1.N#Cc1ccc([C@@H]2O[C@H](CO)[C@@H](O)[C@H](O)[C@H]2O)cc1Cc1ccc(C2CC2)cc1.OC[C@H]1O[C@@H](c2ccc(Cl)c(Cc3ccc(O[C@@H]4CCOC4)cc3)c2)[C@H](O)[C@@H](O)[C@@H]1O.OC[C@H]1O[C@@H](c2ccc(Cl)c(Cc3ccc(O[C@H]4CCOC4)cc3)c2)[C@H](O)[C@@H](O)[C@@H]1O. The number of halogens is 3. The van der Waals surface area contributed by atoms with Crippen LogP contribution in [0.1, 0.15) is 174 Å². The molecule has 0 bridgehead atoms. The first-order valence-electron chi connectivity index (χ1n) is 50.0. The van der Waals surface area contributed by atoms with Crippen LogP contribution in [0, 0.1) is 30.6 Å². The van der Waals surface area contributed by atoms with Crippen LogP contribution in [-0.4, -0.2) is 315 Å². The third-order valence-electron chi connectivity index (χ3n) is 28.4. The van der Waals surface area contributed by atoms with Gasteiger partial charge in [0.2, 0.25) is 0 Å². The Morgan fingerprint density at radius 2 is 0.544 bits per heavy atom. The monoisotopic (exact) mass is 2110 g/mol. The van der Waals surface area contributed by atoms with Crippen LogP contribution in [0.25, 0.3) is 0 Å². The molecule has 0 amide bonds. The van der Waals surface area contributed by atoms with Crippen LogP contribution in [-0.2, 0) is 70.0 Å². The summed E-state index contributed by atoms with van der Waals surface area (Å²) in [7, 11) is 0. The Balaban J connectivity index is 0.000000139. The maximum atomic E-state index is 10.4. The van der Waals surface area contributed by atoms with E-state index in [0.29, 0.717) is 106 Å². The summed E-state index contributed by atoms with van der Waals surface area (Å²) >= 11 is 19.1. The highest BCUT2D eigenvalue weighted by Crippen LogP contribution is 2.44. The van der Waals surface area contributed by atoms with Gasteiger partial charge in [-0.3, -0.25) is 0 Å². The number of rotatable bonds is 27. The zero-order valence-corrected chi connectivity index (χ0v) is 84.2. The lowest BCUT2D eigenvalue weighted by molar-refractivity contribution is -0.231. The van der Waals surface area contributed by atoms with Gasteiger partial charge in [0.05, 0.1) is 84.3 Å². The minimum atomic E-state index is -1.43. The number of hydrogen-bond donors (Lipinski definition) is 20. The van der Waals surface area contributed by atoms with Crippen molar-refractivity contribution < 1.29 is 154 Å². The summed E-state index contributed by atoms with van der Waals surface area (Å²) < 4.78 is 62.0. The molecule has 0 spiro atoms. The molecular formula is C114H130Cl3NO31. The lowest BCUT2D eigenvalue weighted by Crippen LogP contribution is -2.55. The molecule has 20 N–H and O–H groups in total. The average Bonchev–Trinajstić information content (AvgIpc) is 1.55. The van der Waals surface area contributed by atoms with Crippen molar-refractivity contribution in [2.45, 2.75) is 248 Å². The molecule has 9 fully saturated rings. The summed E-state index contributed by atoms with van der Waals surface area (Å²) in [5.41, 5.74) is 16.5. The van der Waals surface area contributed by atoms with Crippen LogP contribution in [0.2, 0.25) is 15.1 Å². The van der Waals surface area contributed by atoms with Gasteiger partial charge in [0, 0.05) is 39.9 Å². The maximum absolute atomic E-state index is 10.4. The van der Waals surface area contributed by atoms with Gasteiger partial charge in [0.1, 0.15) is 188 Å². The fourth-order valence-corrected chi connectivity index (χ4v) is 19.9. The van der Waals surface area contributed by atoms with Gasteiger partial charge in [-0.15, -0.1) is 6.42 Å². The molecule has 0 aromatic heterocycles. The van der Waals surface area contributed by atoms with Gasteiger partial charge in [-0.2, -0.15) is 5.26 Å². The van der Waals surface area contributed by atoms with E-state index in [9.17, 15) is 107 Å². The predicted molar refractivity (Wildman–Crippen MR) is 546 cm³/mol. The highest BCUT2D eigenvalue weighted by atomic mass is 35.5. The number of terminal acetylenes is 1. The van der Waals surface area contributed by atoms with Crippen molar-refractivity contribution in [1.29, 1.82) is 5.26 Å². The molecule has 35 heteroatoms. The van der Waals surface area contributed by atoms with Crippen LogP contribution in [0.5, 0.6) is 17.2 Å². The normalized spacial score (nSPS) is 30.1. The summed E-state index contributed by atoms with van der Waals surface area (Å²) in [5.74, 6) is 5.67. The Hall–Kier alpha value is -9.60. The van der Waals surface area contributed by atoms with Crippen molar-refractivity contribution in [1.82, 2.24) is 0 Å². The molecule has 1 aliphatic carbocycles. The minimum Gasteiger partial charge on any atom is -0.488 e. The summed E-state index contributed by atoms with van der Waals surface area (Å²) in [6.07, 6.45) is -16.1. The van der Waals surface area contributed by atoms with Gasteiger partial charge in [-0.05, 0) is 225 Å². The number of aryl methyl sites for hydroxylation is 1.